The third kappa shape index (κ3) is 1.17. The van der Waals surface area contributed by atoms with E-state index < -0.39 is 0 Å². The van der Waals surface area contributed by atoms with Crippen molar-refractivity contribution in [1.29, 1.82) is 5.26 Å². The van der Waals surface area contributed by atoms with Crippen molar-refractivity contribution < 1.29 is 0 Å². The number of pyridine rings is 1. The van der Waals surface area contributed by atoms with E-state index in [1.54, 1.807) is 19.3 Å². The fraction of sp³-hybridized carbons (Fsp3) is 0.222. The Bertz CT molecular complexity index is 572. The predicted molar refractivity (Wildman–Crippen MR) is 50.6 cm³/mol. The first kappa shape index (κ1) is 8.51. The summed E-state index contributed by atoms with van der Waals surface area (Å²) in [4.78, 5) is 11.3. The molecule has 0 radical (unpaired) electrons. The number of aryl methyl sites for hydroxylation is 1. The van der Waals surface area contributed by atoms with Gasteiger partial charge in [0.2, 0.25) is 0 Å². The zero-order valence-electron chi connectivity index (χ0n) is 7.64. The molecule has 0 aliphatic carbocycles. The number of hydrogen-bond donors (Lipinski definition) is 0. The van der Waals surface area contributed by atoms with Crippen molar-refractivity contribution in [2.24, 2.45) is 7.05 Å². The lowest BCUT2D eigenvalue weighted by Gasteiger charge is -1.95. The van der Waals surface area contributed by atoms with Crippen molar-refractivity contribution in [2.45, 2.75) is 6.54 Å². The molecule has 0 spiro atoms. The van der Waals surface area contributed by atoms with Crippen LogP contribution in [0.15, 0.2) is 23.1 Å². The summed E-state index contributed by atoms with van der Waals surface area (Å²) < 4.78 is 3.03. The molecule has 0 N–H and O–H groups in total. The highest BCUT2D eigenvalue weighted by atomic mass is 16.1. The van der Waals surface area contributed by atoms with Gasteiger partial charge in [-0.15, -0.1) is 0 Å². The van der Waals surface area contributed by atoms with E-state index in [1.807, 2.05) is 6.07 Å². The second kappa shape index (κ2) is 3.00. The lowest BCUT2D eigenvalue weighted by Crippen LogP contribution is -2.14. The van der Waals surface area contributed by atoms with Gasteiger partial charge in [0.25, 0.3) is 5.56 Å². The number of nitrogens with zero attached hydrogens (tertiary/aromatic N) is 4. The van der Waals surface area contributed by atoms with Crippen molar-refractivity contribution in [3.05, 3.63) is 28.7 Å². The van der Waals surface area contributed by atoms with Gasteiger partial charge in [-0.25, -0.2) is 0 Å². The molecule has 0 aliphatic rings. The Hall–Kier alpha value is -2.09. The third-order valence-corrected chi connectivity index (χ3v) is 2.08. The fourth-order valence-corrected chi connectivity index (χ4v) is 1.34. The normalized spacial score (nSPS) is 10.3. The maximum Gasteiger partial charge on any atom is 0.250 e. The Labute approximate surface area is 79.8 Å². The molecule has 2 aromatic rings. The van der Waals surface area contributed by atoms with Crippen molar-refractivity contribution >= 4 is 11.0 Å². The highest BCUT2D eigenvalue weighted by molar-refractivity contribution is 5.73. The minimum atomic E-state index is -0.0750. The van der Waals surface area contributed by atoms with Gasteiger partial charge in [0.15, 0.2) is 0 Å². The molecule has 2 rings (SSSR count). The number of rotatable bonds is 1. The first-order valence-electron chi connectivity index (χ1n) is 4.12. The third-order valence-electron chi connectivity index (χ3n) is 2.08. The minimum absolute atomic E-state index is 0.0750. The van der Waals surface area contributed by atoms with Gasteiger partial charge in [0, 0.05) is 13.1 Å². The second-order valence-electron chi connectivity index (χ2n) is 2.99. The maximum absolute atomic E-state index is 11.3. The van der Waals surface area contributed by atoms with Crippen LogP contribution >= 0.6 is 0 Å². The molecule has 5 nitrogen and oxygen atoms in total. The predicted octanol–water partition coefficient (Wildman–Crippen LogP) is 0.259. The van der Waals surface area contributed by atoms with Crippen LogP contribution in [0.25, 0.3) is 11.0 Å². The number of hydrogen-bond acceptors (Lipinski definition) is 3. The lowest BCUT2D eigenvalue weighted by atomic mass is 10.4. The summed E-state index contributed by atoms with van der Waals surface area (Å²) in [5, 5.41) is 12.6. The van der Waals surface area contributed by atoms with Gasteiger partial charge < -0.3 is 4.57 Å². The summed E-state index contributed by atoms with van der Waals surface area (Å²) >= 11 is 0. The average Bonchev–Trinajstić information content (AvgIpc) is 2.56. The summed E-state index contributed by atoms with van der Waals surface area (Å²) in [5.41, 5.74) is 1.39. The smallest absolute Gasteiger partial charge is 0.250 e. The van der Waals surface area contributed by atoms with Crippen LogP contribution in [0.3, 0.4) is 0 Å². The topological polar surface area (TPSA) is 63.6 Å². The number of nitriles is 1. The van der Waals surface area contributed by atoms with E-state index in [4.69, 9.17) is 5.26 Å². The molecule has 0 saturated carbocycles. The highest BCUT2D eigenvalue weighted by Crippen LogP contribution is 2.07. The van der Waals surface area contributed by atoms with Gasteiger partial charge in [-0.05, 0) is 6.07 Å². The number of aromatic nitrogens is 3. The van der Waals surface area contributed by atoms with E-state index in [0.717, 1.165) is 11.0 Å². The Morgan fingerprint density at radius 1 is 1.57 bits per heavy atom. The second-order valence-corrected chi connectivity index (χ2v) is 2.99. The summed E-state index contributed by atoms with van der Waals surface area (Å²) in [5.74, 6) is 0. The van der Waals surface area contributed by atoms with Gasteiger partial charge >= 0.3 is 0 Å². The molecule has 2 aromatic heterocycles. The zero-order valence-corrected chi connectivity index (χ0v) is 7.64. The average molecular weight is 188 g/mol. The molecule has 0 unspecified atom stereocenters. The molecule has 0 fully saturated rings. The van der Waals surface area contributed by atoms with Crippen molar-refractivity contribution in [3.63, 3.8) is 0 Å². The first-order chi connectivity index (χ1) is 6.72. The zero-order chi connectivity index (χ0) is 10.1. The van der Waals surface area contributed by atoms with Crippen LogP contribution in [0.1, 0.15) is 0 Å². The van der Waals surface area contributed by atoms with Crippen LogP contribution in [-0.4, -0.2) is 14.3 Å². The molecule has 70 valence electrons. The van der Waals surface area contributed by atoms with Crippen molar-refractivity contribution in [1.82, 2.24) is 14.3 Å². The van der Waals surface area contributed by atoms with Crippen molar-refractivity contribution in [3.8, 4) is 6.07 Å². The van der Waals surface area contributed by atoms with E-state index >= 15 is 0 Å². The summed E-state index contributed by atoms with van der Waals surface area (Å²) in [6, 6.07) is 5.11. The summed E-state index contributed by atoms with van der Waals surface area (Å²) in [7, 11) is 1.68. The van der Waals surface area contributed by atoms with E-state index in [2.05, 4.69) is 5.10 Å². The molecule has 0 amide bonds. The molecule has 5 heteroatoms. The molecule has 0 saturated heterocycles. The molecular weight excluding hydrogens is 180 g/mol. The van der Waals surface area contributed by atoms with Crippen LogP contribution in [0, 0.1) is 11.3 Å². The summed E-state index contributed by atoms with van der Waals surface area (Å²) in [6.07, 6.45) is 1.69. The quantitative estimate of drug-likeness (QED) is 0.644. The fourth-order valence-electron chi connectivity index (χ4n) is 1.34. The molecule has 2 heterocycles. The largest absolute Gasteiger partial charge is 0.309 e. The van der Waals surface area contributed by atoms with Gasteiger partial charge in [-0.1, -0.05) is 0 Å². The van der Waals surface area contributed by atoms with E-state index in [9.17, 15) is 4.79 Å². The van der Waals surface area contributed by atoms with Crippen LogP contribution in [0.2, 0.25) is 0 Å². The Balaban J connectivity index is 2.73. The van der Waals surface area contributed by atoms with E-state index in [1.165, 1.54) is 15.3 Å². The molecule has 0 aromatic carbocycles. The monoisotopic (exact) mass is 188 g/mol. The van der Waals surface area contributed by atoms with Crippen LogP contribution in [0.4, 0.5) is 0 Å². The minimum Gasteiger partial charge on any atom is -0.309 e. The Morgan fingerprint density at radius 3 is 3.07 bits per heavy atom. The van der Waals surface area contributed by atoms with Gasteiger partial charge in [-0.3, -0.25) is 9.48 Å². The maximum atomic E-state index is 11.3. The Kier molecular flexibility index (Phi) is 1.82. The van der Waals surface area contributed by atoms with Crippen LogP contribution in [-0.2, 0) is 13.6 Å². The lowest BCUT2D eigenvalue weighted by molar-refractivity contribution is 0.718. The standard InChI is InChI=1S/C9H8N4O/c1-12-8-6-13(5-4-10)11-7(8)2-3-9(12)14/h2-3,6H,5H2,1H3. The van der Waals surface area contributed by atoms with Gasteiger partial charge in [0.05, 0.1) is 17.8 Å². The highest BCUT2D eigenvalue weighted by Gasteiger charge is 2.03. The summed E-state index contributed by atoms with van der Waals surface area (Å²) in [6.45, 7) is 0.197. The number of fused-ring (bicyclic) bond motifs is 1. The van der Waals surface area contributed by atoms with Crippen LogP contribution in [0.5, 0.6) is 0 Å². The molecule has 0 aliphatic heterocycles. The van der Waals surface area contributed by atoms with E-state index in [-0.39, 0.29) is 12.1 Å². The van der Waals surface area contributed by atoms with Crippen LogP contribution < -0.4 is 5.56 Å². The van der Waals surface area contributed by atoms with Gasteiger partial charge in [0.1, 0.15) is 12.1 Å². The SMILES string of the molecule is Cn1c(=O)ccc2nn(CC#N)cc21. The molecular formula is C9H8N4O. The molecule has 14 heavy (non-hydrogen) atoms. The van der Waals surface area contributed by atoms with Crippen molar-refractivity contribution in [2.75, 3.05) is 0 Å². The van der Waals surface area contributed by atoms with E-state index in [0.29, 0.717) is 0 Å². The van der Waals surface area contributed by atoms with Gasteiger partial charge in [-0.2, -0.15) is 10.4 Å². The molecule has 0 atom stereocenters. The molecule has 0 bridgehead atoms. The first-order valence-corrected chi connectivity index (χ1v) is 4.12. The Morgan fingerprint density at radius 2 is 2.36 bits per heavy atom.